The van der Waals surface area contributed by atoms with Gasteiger partial charge in [0, 0.05) is 12.7 Å². The molecule has 1 atom stereocenters. The smallest absolute Gasteiger partial charge is 0.138 e. The van der Waals surface area contributed by atoms with Crippen LogP contribution >= 0.6 is 24.8 Å². The molecule has 0 amide bonds. The van der Waals surface area contributed by atoms with E-state index in [2.05, 4.69) is 10.3 Å². The number of nitrogens with one attached hydrogen (secondary N) is 1. The van der Waals surface area contributed by atoms with Crippen LogP contribution in [0.15, 0.2) is 24.5 Å². The molecule has 1 fully saturated rings. The van der Waals surface area contributed by atoms with Crippen LogP contribution in [0.1, 0.15) is 6.42 Å². The quantitative estimate of drug-likeness (QED) is 0.849. The highest BCUT2D eigenvalue weighted by atomic mass is 35.5. The van der Waals surface area contributed by atoms with Gasteiger partial charge in [-0.15, -0.1) is 24.8 Å². The Balaban J connectivity index is 0.000000845. The average Bonchev–Trinajstić information content (AvgIpc) is 2.59. The molecular formula is C9H14Cl2N2O. The van der Waals surface area contributed by atoms with Crippen LogP contribution in [-0.2, 0) is 0 Å². The second kappa shape index (κ2) is 6.87. The van der Waals surface area contributed by atoms with Gasteiger partial charge in [0.15, 0.2) is 0 Å². The van der Waals surface area contributed by atoms with Crippen LogP contribution in [0.5, 0.6) is 5.75 Å². The molecule has 1 aromatic heterocycles. The molecule has 1 saturated heterocycles. The Kier molecular flexibility index (Phi) is 6.62. The van der Waals surface area contributed by atoms with Crippen molar-refractivity contribution in [2.45, 2.75) is 12.5 Å². The van der Waals surface area contributed by atoms with Crippen molar-refractivity contribution in [2.75, 3.05) is 13.1 Å². The van der Waals surface area contributed by atoms with Crippen molar-refractivity contribution in [3.63, 3.8) is 0 Å². The highest BCUT2D eigenvalue weighted by Crippen LogP contribution is 2.12. The van der Waals surface area contributed by atoms with E-state index >= 15 is 0 Å². The van der Waals surface area contributed by atoms with E-state index in [1.54, 1.807) is 12.4 Å². The molecule has 0 spiro atoms. The van der Waals surface area contributed by atoms with Gasteiger partial charge in [0.25, 0.3) is 0 Å². The molecule has 0 saturated carbocycles. The maximum absolute atomic E-state index is 5.65. The van der Waals surface area contributed by atoms with Crippen LogP contribution in [0.3, 0.4) is 0 Å². The Labute approximate surface area is 96.1 Å². The Morgan fingerprint density at radius 2 is 2.29 bits per heavy atom. The highest BCUT2D eigenvalue weighted by Gasteiger charge is 2.15. The first-order chi connectivity index (χ1) is 5.95. The largest absolute Gasteiger partial charge is 0.487 e. The summed E-state index contributed by atoms with van der Waals surface area (Å²) >= 11 is 0. The summed E-state index contributed by atoms with van der Waals surface area (Å²) in [6.45, 7) is 2.01. The molecule has 1 aromatic rings. The maximum atomic E-state index is 5.65. The van der Waals surface area contributed by atoms with E-state index in [-0.39, 0.29) is 24.8 Å². The van der Waals surface area contributed by atoms with Crippen LogP contribution in [0, 0.1) is 0 Å². The summed E-state index contributed by atoms with van der Waals surface area (Å²) in [4.78, 5) is 3.98. The fraction of sp³-hybridized carbons (Fsp3) is 0.444. The highest BCUT2D eigenvalue weighted by molar-refractivity contribution is 5.85. The molecular weight excluding hydrogens is 223 g/mol. The van der Waals surface area contributed by atoms with Crippen molar-refractivity contribution in [1.29, 1.82) is 0 Å². The number of halogens is 2. The summed E-state index contributed by atoms with van der Waals surface area (Å²) in [5, 5.41) is 3.25. The third kappa shape index (κ3) is 3.70. The lowest BCUT2D eigenvalue weighted by molar-refractivity contribution is 0.222. The van der Waals surface area contributed by atoms with Gasteiger partial charge in [-0.05, 0) is 25.1 Å². The Morgan fingerprint density at radius 3 is 2.86 bits per heavy atom. The zero-order valence-corrected chi connectivity index (χ0v) is 9.31. The van der Waals surface area contributed by atoms with Crippen LogP contribution in [0.4, 0.5) is 0 Å². The molecule has 0 aromatic carbocycles. The number of aromatic nitrogens is 1. The van der Waals surface area contributed by atoms with Gasteiger partial charge >= 0.3 is 0 Å². The van der Waals surface area contributed by atoms with Crippen LogP contribution in [0.2, 0.25) is 0 Å². The van der Waals surface area contributed by atoms with Crippen molar-refractivity contribution in [1.82, 2.24) is 10.3 Å². The lowest BCUT2D eigenvalue weighted by Gasteiger charge is -2.10. The fourth-order valence-corrected chi connectivity index (χ4v) is 1.34. The Morgan fingerprint density at radius 1 is 1.43 bits per heavy atom. The zero-order chi connectivity index (χ0) is 8.23. The third-order valence-electron chi connectivity index (χ3n) is 1.95. The molecule has 1 N–H and O–H groups in total. The predicted molar refractivity (Wildman–Crippen MR) is 60.6 cm³/mol. The number of nitrogens with zero attached hydrogens (tertiary/aromatic N) is 1. The SMILES string of the molecule is Cl.Cl.c1cncc(O[C@@H]2CCNC2)c1. The Hall–Kier alpha value is -0.510. The van der Waals surface area contributed by atoms with Crippen LogP contribution in [-0.4, -0.2) is 24.2 Å². The second-order valence-electron chi connectivity index (χ2n) is 2.92. The zero-order valence-electron chi connectivity index (χ0n) is 7.68. The lowest BCUT2D eigenvalue weighted by atomic mass is 10.3. The fourth-order valence-electron chi connectivity index (χ4n) is 1.34. The monoisotopic (exact) mass is 236 g/mol. The van der Waals surface area contributed by atoms with E-state index in [0.717, 1.165) is 25.3 Å². The van der Waals surface area contributed by atoms with Gasteiger partial charge in [0.05, 0.1) is 6.20 Å². The van der Waals surface area contributed by atoms with Gasteiger partial charge < -0.3 is 10.1 Å². The van der Waals surface area contributed by atoms with Gasteiger partial charge in [-0.2, -0.15) is 0 Å². The second-order valence-corrected chi connectivity index (χ2v) is 2.92. The molecule has 1 aliphatic heterocycles. The van der Waals surface area contributed by atoms with Crippen molar-refractivity contribution in [2.24, 2.45) is 0 Å². The van der Waals surface area contributed by atoms with E-state index in [4.69, 9.17) is 4.74 Å². The lowest BCUT2D eigenvalue weighted by Crippen LogP contribution is -2.19. The van der Waals surface area contributed by atoms with Crippen molar-refractivity contribution in [3.05, 3.63) is 24.5 Å². The minimum absolute atomic E-state index is 0. The first kappa shape index (κ1) is 13.5. The van der Waals surface area contributed by atoms with Crippen molar-refractivity contribution < 1.29 is 4.74 Å². The molecule has 14 heavy (non-hydrogen) atoms. The first-order valence-electron chi connectivity index (χ1n) is 4.22. The number of rotatable bonds is 2. The van der Waals surface area contributed by atoms with E-state index in [1.807, 2.05) is 12.1 Å². The molecule has 1 aliphatic rings. The minimum atomic E-state index is 0. The summed E-state index contributed by atoms with van der Waals surface area (Å²) in [6.07, 6.45) is 4.92. The maximum Gasteiger partial charge on any atom is 0.138 e. The van der Waals surface area contributed by atoms with Gasteiger partial charge in [0.2, 0.25) is 0 Å². The molecule has 0 radical (unpaired) electrons. The van der Waals surface area contributed by atoms with E-state index in [9.17, 15) is 0 Å². The summed E-state index contributed by atoms with van der Waals surface area (Å²) in [7, 11) is 0. The number of hydrogen-bond donors (Lipinski definition) is 1. The van der Waals surface area contributed by atoms with Gasteiger partial charge in [0.1, 0.15) is 11.9 Å². The summed E-state index contributed by atoms with van der Waals surface area (Å²) < 4.78 is 5.65. The number of ether oxygens (including phenoxy) is 1. The standard InChI is InChI=1S/C9H12N2O.2ClH/c1-2-8(6-10-4-1)12-9-3-5-11-7-9;;/h1-2,4,6,9,11H,3,5,7H2;2*1H/t9-;;/m1../s1. The van der Waals surface area contributed by atoms with E-state index in [1.165, 1.54) is 0 Å². The molecule has 0 unspecified atom stereocenters. The molecule has 80 valence electrons. The molecule has 3 nitrogen and oxygen atoms in total. The molecule has 2 heterocycles. The topological polar surface area (TPSA) is 34.1 Å². The van der Waals surface area contributed by atoms with E-state index < -0.39 is 0 Å². The molecule has 0 aliphatic carbocycles. The summed E-state index contributed by atoms with van der Waals surface area (Å²) in [5.41, 5.74) is 0. The normalized spacial score (nSPS) is 19.3. The van der Waals surface area contributed by atoms with Crippen LogP contribution in [0.25, 0.3) is 0 Å². The van der Waals surface area contributed by atoms with E-state index in [0.29, 0.717) is 6.10 Å². The molecule has 5 heteroatoms. The van der Waals surface area contributed by atoms with Gasteiger partial charge in [-0.3, -0.25) is 4.98 Å². The minimum Gasteiger partial charge on any atom is -0.487 e. The number of hydrogen-bond acceptors (Lipinski definition) is 3. The van der Waals surface area contributed by atoms with Crippen LogP contribution < -0.4 is 10.1 Å². The van der Waals surface area contributed by atoms with Gasteiger partial charge in [-0.1, -0.05) is 0 Å². The third-order valence-corrected chi connectivity index (χ3v) is 1.95. The summed E-state index contributed by atoms with van der Waals surface area (Å²) in [5.74, 6) is 0.867. The average molecular weight is 237 g/mol. The number of pyridine rings is 1. The molecule has 0 bridgehead atoms. The first-order valence-corrected chi connectivity index (χ1v) is 4.22. The molecule has 2 rings (SSSR count). The van der Waals surface area contributed by atoms with Gasteiger partial charge in [-0.25, -0.2) is 0 Å². The van der Waals surface area contributed by atoms with Crippen molar-refractivity contribution in [3.8, 4) is 5.75 Å². The summed E-state index contributed by atoms with van der Waals surface area (Å²) in [6, 6.07) is 3.82. The van der Waals surface area contributed by atoms with Crippen molar-refractivity contribution >= 4 is 24.8 Å². The Bertz CT molecular complexity index is 240. The predicted octanol–water partition coefficient (Wildman–Crippen LogP) is 1.67.